The lowest BCUT2D eigenvalue weighted by molar-refractivity contribution is 0.102. The van der Waals surface area contributed by atoms with Gasteiger partial charge >= 0.3 is 0 Å². The Hall–Kier alpha value is -2.76. The lowest BCUT2D eigenvalue weighted by Crippen LogP contribution is -2.19. The maximum Gasteiger partial charge on any atom is 0.257 e. The molecule has 2 aromatic rings. The first-order valence-corrected chi connectivity index (χ1v) is 9.54. The van der Waals surface area contributed by atoms with Crippen LogP contribution in [0.1, 0.15) is 43.0 Å². The number of ether oxygens (including phenoxy) is 2. The summed E-state index contributed by atoms with van der Waals surface area (Å²) in [5, 5.41) is 2.92. The molecule has 1 N–H and O–H groups in total. The molecule has 6 heteroatoms. The molecule has 1 fully saturated rings. The number of rotatable bonds is 8. The molecule has 0 aliphatic carbocycles. The second kappa shape index (κ2) is 9.26. The van der Waals surface area contributed by atoms with Crippen LogP contribution in [0.2, 0.25) is 0 Å². The number of unbranched alkanes of at least 4 members (excludes halogenated alkanes) is 1. The van der Waals surface area contributed by atoms with Gasteiger partial charge in [-0.15, -0.1) is 0 Å². The number of carbonyl (C=O) groups excluding carboxylic acids is 1. The number of carbonyl (C=O) groups is 1. The fraction of sp³-hybridized carbons (Fsp3) is 0.429. The number of amides is 1. The molecule has 0 unspecified atom stereocenters. The molecule has 1 saturated heterocycles. The maximum atomic E-state index is 12.7. The molecule has 6 nitrogen and oxygen atoms in total. The number of anilines is 2. The molecular formula is C21H27N3O3. The van der Waals surface area contributed by atoms with Crippen molar-refractivity contribution in [3.05, 3.63) is 42.1 Å². The van der Waals surface area contributed by atoms with Crippen molar-refractivity contribution >= 4 is 17.4 Å². The highest BCUT2D eigenvalue weighted by Crippen LogP contribution is 2.30. The summed E-state index contributed by atoms with van der Waals surface area (Å²) in [6.45, 7) is 4.78. The fourth-order valence-corrected chi connectivity index (χ4v) is 3.03. The van der Waals surface area contributed by atoms with Crippen LogP contribution in [0.25, 0.3) is 0 Å². The van der Waals surface area contributed by atoms with Gasteiger partial charge in [-0.25, -0.2) is 4.98 Å². The van der Waals surface area contributed by atoms with Crippen LogP contribution in [0, 0.1) is 0 Å². The Labute approximate surface area is 160 Å². The van der Waals surface area contributed by atoms with Gasteiger partial charge in [0.15, 0.2) is 0 Å². The molecular weight excluding hydrogens is 342 g/mol. The molecule has 0 spiro atoms. The molecule has 144 valence electrons. The molecule has 1 aliphatic heterocycles. The molecule has 0 bridgehead atoms. The summed E-state index contributed by atoms with van der Waals surface area (Å²) < 4.78 is 11.1. The fourth-order valence-electron chi connectivity index (χ4n) is 3.03. The summed E-state index contributed by atoms with van der Waals surface area (Å²) in [4.78, 5) is 19.4. The lowest BCUT2D eigenvalue weighted by Gasteiger charge is -2.16. The monoisotopic (exact) mass is 369 g/mol. The zero-order valence-electron chi connectivity index (χ0n) is 16.0. The highest BCUT2D eigenvalue weighted by molar-refractivity contribution is 6.05. The predicted molar refractivity (Wildman–Crippen MR) is 107 cm³/mol. The van der Waals surface area contributed by atoms with Gasteiger partial charge in [0.25, 0.3) is 5.91 Å². The van der Waals surface area contributed by atoms with Crippen LogP contribution >= 0.6 is 0 Å². The molecule has 3 rings (SSSR count). The molecule has 1 aromatic heterocycles. The summed E-state index contributed by atoms with van der Waals surface area (Å²) in [5.41, 5.74) is 1.11. The summed E-state index contributed by atoms with van der Waals surface area (Å²) >= 11 is 0. The van der Waals surface area contributed by atoms with Crippen LogP contribution in [0.4, 0.5) is 11.5 Å². The van der Waals surface area contributed by atoms with Crippen molar-refractivity contribution < 1.29 is 14.3 Å². The predicted octanol–water partition coefficient (Wildman–Crippen LogP) is 4.12. The number of methoxy groups -OCH3 is 1. The average Bonchev–Trinajstić information content (AvgIpc) is 3.24. The number of hydrogen-bond donors (Lipinski definition) is 1. The van der Waals surface area contributed by atoms with Crippen molar-refractivity contribution in [2.45, 2.75) is 32.6 Å². The van der Waals surface area contributed by atoms with E-state index in [0.29, 0.717) is 29.4 Å². The number of nitrogens with one attached hydrogen (secondary N) is 1. The Morgan fingerprint density at radius 3 is 2.70 bits per heavy atom. The summed E-state index contributed by atoms with van der Waals surface area (Å²) in [5.74, 6) is 2.01. The van der Waals surface area contributed by atoms with E-state index in [4.69, 9.17) is 9.47 Å². The Morgan fingerprint density at radius 1 is 1.22 bits per heavy atom. The smallest absolute Gasteiger partial charge is 0.257 e. The molecule has 0 saturated carbocycles. The van der Waals surface area contributed by atoms with Crippen LogP contribution in [0.3, 0.4) is 0 Å². The van der Waals surface area contributed by atoms with Crippen molar-refractivity contribution in [2.75, 3.05) is 37.0 Å². The van der Waals surface area contributed by atoms with Crippen molar-refractivity contribution in [1.29, 1.82) is 0 Å². The first-order chi connectivity index (χ1) is 13.2. The minimum Gasteiger partial charge on any atom is -0.497 e. The van der Waals surface area contributed by atoms with Crippen molar-refractivity contribution in [3.8, 4) is 11.5 Å². The van der Waals surface area contributed by atoms with Crippen LogP contribution in [-0.2, 0) is 0 Å². The molecule has 1 aliphatic rings. The van der Waals surface area contributed by atoms with E-state index < -0.39 is 0 Å². The van der Waals surface area contributed by atoms with Gasteiger partial charge in [-0.1, -0.05) is 13.3 Å². The SMILES string of the molecule is CCCCOc1ccc(OC)cc1NC(=O)c1ccc(N2CCCC2)nc1. The minimum atomic E-state index is -0.218. The Kier molecular flexibility index (Phi) is 6.52. The van der Waals surface area contributed by atoms with E-state index in [0.717, 1.165) is 31.7 Å². The highest BCUT2D eigenvalue weighted by atomic mass is 16.5. The minimum absolute atomic E-state index is 0.218. The van der Waals surface area contributed by atoms with Gasteiger partial charge in [0.05, 0.1) is 25.0 Å². The number of nitrogens with zero attached hydrogens (tertiary/aromatic N) is 2. The third-order valence-electron chi connectivity index (χ3n) is 4.63. The number of hydrogen-bond acceptors (Lipinski definition) is 5. The molecule has 0 atom stereocenters. The number of benzene rings is 1. The van der Waals surface area contributed by atoms with Crippen LogP contribution in [0.5, 0.6) is 11.5 Å². The van der Waals surface area contributed by atoms with E-state index in [9.17, 15) is 4.79 Å². The van der Waals surface area contributed by atoms with Crippen LogP contribution < -0.4 is 19.7 Å². The van der Waals surface area contributed by atoms with Crippen LogP contribution in [0.15, 0.2) is 36.5 Å². The van der Waals surface area contributed by atoms with Gasteiger partial charge in [-0.2, -0.15) is 0 Å². The quantitative estimate of drug-likeness (QED) is 0.709. The maximum absolute atomic E-state index is 12.7. The first kappa shape index (κ1) is 19.0. The Balaban J connectivity index is 1.72. The van der Waals surface area contributed by atoms with E-state index >= 15 is 0 Å². The second-order valence-electron chi connectivity index (χ2n) is 6.62. The summed E-state index contributed by atoms with van der Waals surface area (Å²) in [6, 6.07) is 9.13. The van der Waals surface area contributed by atoms with E-state index in [2.05, 4.69) is 22.1 Å². The van der Waals surface area contributed by atoms with Crippen molar-refractivity contribution in [3.63, 3.8) is 0 Å². The van der Waals surface area contributed by atoms with Gasteiger partial charge in [0, 0.05) is 25.4 Å². The van der Waals surface area contributed by atoms with E-state index in [1.54, 1.807) is 19.4 Å². The lowest BCUT2D eigenvalue weighted by atomic mass is 10.2. The van der Waals surface area contributed by atoms with Gasteiger partial charge < -0.3 is 19.7 Å². The van der Waals surface area contributed by atoms with E-state index in [1.165, 1.54) is 12.8 Å². The highest BCUT2D eigenvalue weighted by Gasteiger charge is 2.15. The van der Waals surface area contributed by atoms with Crippen LogP contribution in [-0.4, -0.2) is 37.7 Å². The third-order valence-corrected chi connectivity index (χ3v) is 4.63. The Morgan fingerprint density at radius 2 is 2.04 bits per heavy atom. The number of pyridine rings is 1. The zero-order valence-corrected chi connectivity index (χ0v) is 16.0. The standard InChI is InChI=1S/C21H27N3O3/c1-3-4-13-27-19-9-8-17(26-2)14-18(19)23-21(25)16-7-10-20(22-15-16)24-11-5-6-12-24/h7-10,14-15H,3-6,11-13H2,1-2H3,(H,23,25). The molecule has 27 heavy (non-hydrogen) atoms. The van der Waals surface area contributed by atoms with Gasteiger partial charge in [-0.05, 0) is 43.5 Å². The number of aromatic nitrogens is 1. The molecule has 1 amide bonds. The van der Waals surface area contributed by atoms with Gasteiger partial charge in [0.2, 0.25) is 0 Å². The second-order valence-corrected chi connectivity index (χ2v) is 6.62. The summed E-state index contributed by atoms with van der Waals surface area (Å²) in [7, 11) is 1.60. The Bertz CT molecular complexity index is 756. The first-order valence-electron chi connectivity index (χ1n) is 9.54. The zero-order chi connectivity index (χ0) is 19.1. The van der Waals surface area contributed by atoms with Crippen molar-refractivity contribution in [1.82, 2.24) is 4.98 Å². The molecule has 0 radical (unpaired) electrons. The molecule has 2 heterocycles. The summed E-state index contributed by atoms with van der Waals surface area (Å²) in [6.07, 6.45) is 6.02. The average molecular weight is 369 g/mol. The van der Waals surface area contributed by atoms with Gasteiger partial charge in [0.1, 0.15) is 17.3 Å². The van der Waals surface area contributed by atoms with E-state index in [1.807, 2.05) is 24.3 Å². The normalized spacial score (nSPS) is 13.5. The molecule has 1 aromatic carbocycles. The van der Waals surface area contributed by atoms with Gasteiger partial charge in [-0.3, -0.25) is 4.79 Å². The largest absolute Gasteiger partial charge is 0.497 e. The topological polar surface area (TPSA) is 63.7 Å². The van der Waals surface area contributed by atoms with E-state index in [-0.39, 0.29) is 5.91 Å². The van der Waals surface area contributed by atoms with Crippen molar-refractivity contribution in [2.24, 2.45) is 0 Å². The third kappa shape index (κ3) is 4.90.